The van der Waals surface area contributed by atoms with E-state index in [1.807, 2.05) is 10.6 Å². The number of fused-ring (bicyclic) bond motifs is 1. The van der Waals surface area contributed by atoms with Crippen molar-refractivity contribution in [3.63, 3.8) is 0 Å². The molecule has 176 valence electrons. The lowest BCUT2D eigenvalue weighted by Crippen LogP contribution is -2.28. The largest absolute Gasteiger partial charge is 0.317 e. The fraction of sp³-hybridized carbons (Fsp3) is 0.346. The molecule has 2 aromatic heterocycles. The maximum absolute atomic E-state index is 15.0. The van der Waals surface area contributed by atoms with E-state index < -0.39 is 5.82 Å². The number of hydrogen-bond acceptors (Lipinski definition) is 4. The Balaban J connectivity index is 1.50. The average molecular weight is 482 g/mol. The predicted molar refractivity (Wildman–Crippen MR) is 130 cm³/mol. The number of imidazole rings is 1. The first-order chi connectivity index (χ1) is 16.6. The molecular weight excluding hydrogens is 456 g/mol. The number of nitrogens with one attached hydrogen (secondary N) is 1. The van der Waals surface area contributed by atoms with Crippen molar-refractivity contribution in [1.82, 2.24) is 24.8 Å². The zero-order valence-corrected chi connectivity index (χ0v) is 19.5. The van der Waals surface area contributed by atoms with Crippen molar-refractivity contribution in [3.05, 3.63) is 76.7 Å². The molecule has 0 unspecified atom stereocenters. The Morgan fingerprint density at radius 2 is 1.82 bits per heavy atom. The van der Waals surface area contributed by atoms with Gasteiger partial charge in [-0.25, -0.2) is 23.7 Å². The molecule has 4 aromatic rings. The van der Waals surface area contributed by atoms with Crippen molar-refractivity contribution in [2.24, 2.45) is 5.92 Å². The van der Waals surface area contributed by atoms with Crippen molar-refractivity contribution >= 4 is 22.8 Å². The molecule has 0 bridgehead atoms. The summed E-state index contributed by atoms with van der Waals surface area (Å²) in [5.74, 6) is 0.990. The van der Waals surface area contributed by atoms with E-state index in [0.29, 0.717) is 59.2 Å². The standard InChI is InChI=1S/C26H26ClF2N5/c27-20-6-3-5-19(24(20)29)25-32-22-16-31-23(9-8-18-4-1-2-7-21(18)28)33-26(22)34(25)15-12-17-10-13-30-14-11-17/h1-7,16-17,30H,8-15H2. The van der Waals surface area contributed by atoms with Gasteiger partial charge < -0.3 is 9.88 Å². The molecule has 34 heavy (non-hydrogen) atoms. The Morgan fingerprint density at radius 3 is 2.65 bits per heavy atom. The van der Waals surface area contributed by atoms with Crippen molar-refractivity contribution in [2.45, 2.75) is 38.6 Å². The summed E-state index contributed by atoms with van der Waals surface area (Å²) in [7, 11) is 0. The summed E-state index contributed by atoms with van der Waals surface area (Å²) >= 11 is 6.07. The number of halogens is 3. The van der Waals surface area contributed by atoms with Gasteiger partial charge in [-0.2, -0.15) is 0 Å². The molecule has 0 amide bonds. The van der Waals surface area contributed by atoms with E-state index in [1.165, 1.54) is 12.1 Å². The molecule has 1 fully saturated rings. The van der Waals surface area contributed by atoms with Gasteiger partial charge in [-0.3, -0.25) is 0 Å². The number of rotatable bonds is 7. The molecule has 3 heterocycles. The minimum atomic E-state index is -0.490. The summed E-state index contributed by atoms with van der Waals surface area (Å²) in [5.41, 5.74) is 2.26. The lowest BCUT2D eigenvalue weighted by molar-refractivity contribution is 0.339. The monoisotopic (exact) mass is 481 g/mol. The normalized spacial score (nSPS) is 14.7. The van der Waals surface area contributed by atoms with Crippen LogP contribution in [0.5, 0.6) is 0 Å². The van der Waals surface area contributed by atoms with Crippen LogP contribution in [-0.2, 0) is 19.4 Å². The molecular formula is C26H26ClF2N5. The molecule has 1 N–H and O–H groups in total. The average Bonchev–Trinajstić information content (AvgIpc) is 3.22. The van der Waals surface area contributed by atoms with Gasteiger partial charge in [0.1, 0.15) is 23.0 Å². The van der Waals surface area contributed by atoms with Crippen LogP contribution < -0.4 is 5.32 Å². The number of hydrogen-bond donors (Lipinski definition) is 1. The third-order valence-corrected chi connectivity index (χ3v) is 6.82. The zero-order valence-electron chi connectivity index (χ0n) is 18.8. The van der Waals surface area contributed by atoms with E-state index >= 15 is 0 Å². The van der Waals surface area contributed by atoms with Gasteiger partial charge in [0, 0.05) is 13.0 Å². The van der Waals surface area contributed by atoms with Gasteiger partial charge >= 0.3 is 0 Å². The van der Waals surface area contributed by atoms with Crippen LogP contribution >= 0.6 is 11.6 Å². The van der Waals surface area contributed by atoms with Crippen molar-refractivity contribution in [2.75, 3.05) is 13.1 Å². The fourth-order valence-corrected chi connectivity index (χ4v) is 4.77. The van der Waals surface area contributed by atoms with Crippen molar-refractivity contribution < 1.29 is 8.78 Å². The topological polar surface area (TPSA) is 55.6 Å². The summed E-state index contributed by atoms with van der Waals surface area (Å²) in [6.45, 7) is 2.72. The molecule has 0 atom stereocenters. The first-order valence-electron chi connectivity index (χ1n) is 11.7. The second-order valence-electron chi connectivity index (χ2n) is 8.76. The van der Waals surface area contributed by atoms with Crippen LogP contribution in [-0.4, -0.2) is 32.6 Å². The Kier molecular flexibility index (Phi) is 6.83. The SMILES string of the molecule is Fc1ccccc1CCc1ncc2nc(-c3cccc(Cl)c3F)n(CCC3CCNCC3)c2n1. The Labute approximate surface area is 202 Å². The Morgan fingerprint density at radius 1 is 1.00 bits per heavy atom. The minimum Gasteiger partial charge on any atom is -0.317 e. The molecule has 0 radical (unpaired) electrons. The van der Waals surface area contributed by atoms with Crippen LogP contribution in [0.1, 0.15) is 30.7 Å². The van der Waals surface area contributed by atoms with E-state index in [1.54, 1.807) is 30.5 Å². The van der Waals surface area contributed by atoms with Crippen LogP contribution in [0.2, 0.25) is 5.02 Å². The lowest BCUT2D eigenvalue weighted by atomic mass is 9.95. The smallest absolute Gasteiger partial charge is 0.164 e. The summed E-state index contributed by atoms with van der Waals surface area (Å²) in [4.78, 5) is 13.9. The van der Waals surface area contributed by atoms with Gasteiger partial charge in [-0.15, -0.1) is 0 Å². The third kappa shape index (κ3) is 4.81. The highest BCUT2D eigenvalue weighted by atomic mass is 35.5. The number of nitrogens with zero attached hydrogens (tertiary/aromatic N) is 4. The number of aromatic nitrogens is 4. The Bertz CT molecular complexity index is 1300. The maximum Gasteiger partial charge on any atom is 0.164 e. The minimum absolute atomic E-state index is 0.0612. The van der Waals surface area contributed by atoms with E-state index in [-0.39, 0.29) is 10.8 Å². The molecule has 0 saturated carbocycles. The van der Waals surface area contributed by atoms with E-state index in [0.717, 1.165) is 32.4 Å². The van der Waals surface area contributed by atoms with Crippen molar-refractivity contribution in [1.29, 1.82) is 0 Å². The molecule has 1 saturated heterocycles. The molecule has 5 rings (SSSR count). The second-order valence-corrected chi connectivity index (χ2v) is 9.16. The van der Waals surface area contributed by atoms with Gasteiger partial charge in [0.2, 0.25) is 0 Å². The molecule has 2 aromatic carbocycles. The van der Waals surface area contributed by atoms with Crippen LogP contribution in [0.25, 0.3) is 22.6 Å². The van der Waals surface area contributed by atoms with Gasteiger partial charge in [-0.05, 0) is 68.5 Å². The lowest BCUT2D eigenvalue weighted by Gasteiger charge is -2.23. The van der Waals surface area contributed by atoms with Gasteiger partial charge in [0.25, 0.3) is 0 Å². The van der Waals surface area contributed by atoms with Crippen LogP contribution in [0.3, 0.4) is 0 Å². The van der Waals surface area contributed by atoms with Gasteiger partial charge in [0.15, 0.2) is 11.5 Å². The highest BCUT2D eigenvalue weighted by Gasteiger charge is 2.21. The number of benzene rings is 2. The molecule has 8 heteroatoms. The molecule has 0 spiro atoms. The molecule has 5 nitrogen and oxygen atoms in total. The van der Waals surface area contributed by atoms with Crippen LogP contribution in [0, 0.1) is 17.6 Å². The van der Waals surface area contributed by atoms with E-state index in [2.05, 4.69) is 15.3 Å². The zero-order chi connectivity index (χ0) is 23.5. The molecule has 1 aliphatic rings. The van der Waals surface area contributed by atoms with Crippen LogP contribution in [0.15, 0.2) is 48.7 Å². The summed E-state index contributed by atoms with van der Waals surface area (Å²) in [6.07, 6.45) is 5.87. The van der Waals surface area contributed by atoms with Crippen molar-refractivity contribution in [3.8, 4) is 11.4 Å². The first kappa shape index (κ1) is 22.9. The third-order valence-electron chi connectivity index (χ3n) is 6.53. The first-order valence-corrected chi connectivity index (χ1v) is 12.1. The summed E-state index contributed by atoms with van der Waals surface area (Å²) < 4.78 is 31.0. The second kappa shape index (κ2) is 10.2. The highest BCUT2D eigenvalue weighted by molar-refractivity contribution is 6.31. The molecule has 1 aliphatic heterocycles. The van der Waals surface area contributed by atoms with Crippen LogP contribution in [0.4, 0.5) is 8.78 Å². The quantitative estimate of drug-likeness (QED) is 0.373. The fourth-order valence-electron chi connectivity index (χ4n) is 4.60. The highest BCUT2D eigenvalue weighted by Crippen LogP contribution is 2.30. The van der Waals surface area contributed by atoms with Gasteiger partial charge in [0.05, 0.1) is 16.8 Å². The molecule has 0 aliphatic carbocycles. The maximum atomic E-state index is 15.0. The Hall–Kier alpha value is -2.90. The summed E-state index contributed by atoms with van der Waals surface area (Å²) in [5, 5.41) is 3.46. The van der Waals surface area contributed by atoms with E-state index in [4.69, 9.17) is 16.6 Å². The summed E-state index contributed by atoms with van der Waals surface area (Å²) in [6, 6.07) is 11.7. The van der Waals surface area contributed by atoms with E-state index in [9.17, 15) is 8.78 Å². The predicted octanol–water partition coefficient (Wildman–Crippen LogP) is 5.60. The van der Waals surface area contributed by atoms with Gasteiger partial charge in [-0.1, -0.05) is 35.9 Å². The number of piperidine rings is 1. The number of aryl methyl sites for hydroxylation is 3.